The molecule has 3 aliphatic rings. The number of hydrogen-bond donors (Lipinski definition) is 1. The predicted octanol–water partition coefficient (Wildman–Crippen LogP) is 3.01. The van der Waals surface area contributed by atoms with Gasteiger partial charge in [0.25, 0.3) is 0 Å². The van der Waals surface area contributed by atoms with E-state index in [9.17, 15) is 9.59 Å². The van der Waals surface area contributed by atoms with Gasteiger partial charge >= 0.3 is 0 Å². The third-order valence-corrected chi connectivity index (χ3v) is 7.00. The molecule has 0 aliphatic carbocycles. The van der Waals surface area contributed by atoms with E-state index in [-0.39, 0.29) is 17.9 Å². The number of nitrogens with zero attached hydrogens (tertiary/aromatic N) is 3. The third-order valence-electron chi connectivity index (χ3n) is 7.00. The summed E-state index contributed by atoms with van der Waals surface area (Å²) in [5.41, 5.74) is 3.27. The van der Waals surface area contributed by atoms with Crippen molar-refractivity contribution in [1.82, 2.24) is 9.80 Å². The molecule has 0 radical (unpaired) electrons. The van der Waals surface area contributed by atoms with Crippen LogP contribution in [0.3, 0.4) is 0 Å². The standard InChI is InChI=1S/C23H34N4O2/c1-16-14-19(24-23(29)22-7-5-12-27(22)18(3)28)8-9-21(16)25-13-10-20(15-25)26-11-4-6-17(26)2/h8-9,14,17,20,22H,4-7,10-13,15H2,1-3H3,(H,24,29). The number of rotatable bonds is 4. The Kier molecular flexibility index (Phi) is 5.81. The smallest absolute Gasteiger partial charge is 0.247 e. The minimum atomic E-state index is -0.339. The van der Waals surface area contributed by atoms with Crippen LogP contribution in [-0.4, -0.2) is 65.9 Å². The molecule has 0 saturated carbocycles. The van der Waals surface area contributed by atoms with Crippen LogP contribution in [0.5, 0.6) is 0 Å². The van der Waals surface area contributed by atoms with Crippen LogP contribution in [-0.2, 0) is 9.59 Å². The van der Waals surface area contributed by atoms with Crippen LogP contribution >= 0.6 is 0 Å². The van der Waals surface area contributed by atoms with Gasteiger partial charge in [-0.3, -0.25) is 14.5 Å². The normalized spacial score (nSPS) is 27.6. The second-order valence-electron chi connectivity index (χ2n) is 8.98. The summed E-state index contributed by atoms with van der Waals surface area (Å²) < 4.78 is 0. The molecule has 0 spiro atoms. The maximum atomic E-state index is 12.7. The fourth-order valence-electron chi connectivity index (χ4n) is 5.46. The van der Waals surface area contributed by atoms with Crippen LogP contribution in [0.2, 0.25) is 0 Å². The molecule has 2 amide bonds. The molecule has 1 N–H and O–H groups in total. The van der Waals surface area contributed by atoms with Gasteiger partial charge in [0.2, 0.25) is 11.8 Å². The number of likely N-dealkylation sites (tertiary alicyclic amines) is 2. The van der Waals surface area contributed by atoms with Crippen molar-refractivity contribution in [2.45, 2.75) is 71.0 Å². The Morgan fingerprint density at radius 1 is 1.07 bits per heavy atom. The Balaban J connectivity index is 1.39. The molecule has 6 nitrogen and oxygen atoms in total. The van der Waals surface area contributed by atoms with Gasteiger partial charge in [0, 0.05) is 50.0 Å². The van der Waals surface area contributed by atoms with Crippen molar-refractivity contribution < 1.29 is 9.59 Å². The second-order valence-corrected chi connectivity index (χ2v) is 8.98. The van der Waals surface area contributed by atoms with Crippen molar-refractivity contribution in [1.29, 1.82) is 0 Å². The first-order valence-electron chi connectivity index (χ1n) is 11.1. The van der Waals surface area contributed by atoms with E-state index in [1.54, 1.807) is 4.90 Å². The zero-order valence-electron chi connectivity index (χ0n) is 18.0. The monoisotopic (exact) mass is 398 g/mol. The molecule has 0 aromatic heterocycles. The van der Waals surface area contributed by atoms with E-state index in [4.69, 9.17) is 0 Å². The molecular weight excluding hydrogens is 364 g/mol. The molecule has 3 aliphatic heterocycles. The zero-order valence-corrected chi connectivity index (χ0v) is 18.0. The molecule has 1 aromatic carbocycles. The SMILES string of the molecule is CC(=O)N1CCCC1C(=O)Nc1ccc(N2CCC(N3CCCC3C)C2)c(C)c1. The summed E-state index contributed by atoms with van der Waals surface area (Å²) in [6, 6.07) is 7.23. The van der Waals surface area contributed by atoms with E-state index in [0.29, 0.717) is 18.6 Å². The topological polar surface area (TPSA) is 55.9 Å². The number of benzene rings is 1. The van der Waals surface area contributed by atoms with Gasteiger partial charge in [-0.2, -0.15) is 0 Å². The van der Waals surface area contributed by atoms with E-state index in [1.165, 1.54) is 44.0 Å². The number of carbonyl (C=O) groups is 2. The van der Waals surface area contributed by atoms with Crippen LogP contribution in [0.4, 0.5) is 11.4 Å². The Morgan fingerprint density at radius 2 is 1.86 bits per heavy atom. The molecule has 1 aromatic rings. The fourth-order valence-corrected chi connectivity index (χ4v) is 5.46. The Bertz CT molecular complexity index is 780. The number of nitrogens with one attached hydrogen (secondary N) is 1. The van der Waals surface area contributed by atoms with Crippen LogP contribution in [0.15, 0.2) is 18.2 Å². The molecule has 4 rings (SSSR count). The van der Waals surface area contributed by atoms with Gasteiger partial charge in [-0.1, -0.05) is 0 Å². The fraction of sp³-hybridized carbons (Fsp3) is 0.652. The lowest BCUT2D eigenvalue weighted by Gasteiger charge is -2.29. The minimum Gasteiger partial charge on any atom is -0.370 e. The summed E-state index contributed by atoms with van der Waals surface area (Å²) in [5, 5.41) is 3.03. The number of carbonyl (C=O) groups excluding carboxylic acids is 2. The first-order valence-corrected chi connectivity index (χ1v) is 11.1. The van der Waals surface area contributed by atoms with Crippen LogP contribution in [0.1, 0.15) is 51.5 Å². The van der Waals surface area contributed by atoms with Gasteiger partial charge < -0.3 is 15.1 Å². The van der Waals surface area contributed by atoms with Gasteiger partial charge in [0.15, 0.2) is 0 Å². The van der Waals surface area contributed by atoms with Crippen molar-refractivity contribution in [3.63, 3.8) is 0 Å². The van der Waals surface area contributed by atoms with Gasteiger partial charge in [0.1, 0.15) is 6.04 Å². The summed E-state index contributed by atoms with van der Waals surface area (Å²) in [5.74, 6) is -0.0980. The highest BCUT2D eigenvalue weighted by molar-refractivity contribution is 5.97. The van der Waals surface area contributed by atoms with E-state index in [2.05, 4.69) is 41.1 Å². The number of anilines is 2. The Morgan fingerprint density at radius 3 is 2.55 bits per heavy atom. The van der Waals surface area contributed by atoms with Crippen LogP contribution in [0, 0.1) is 6.92 Å². The highest BCUT2D eigenvalue weighted by Crippen LogP contribution is 2.31. The highest BCUT2D eigenvalue weighted by Gasteiger charge is 2.34. The summed E-state index contributed by atoms with van der Waals surface area (Å²) in [4.78, 5) is 31.3. The molecule has 158 valence electrons. The first kappa shape index (κ1) is 20.2. The maximum absolute atomic E-state index is 12.7. The molecular formula is C23H34N4O2. The summed E-state index contributed by atoms with van der Waals surface area (Å²) in [6.45, 7) is 10.1. The average molecular weight is 399 g/mol. The lowest BCUT2D eigenvalue weighted by atomic mass is 10.1. The molecule has 3 saturated heterocycles. The first-order chi connectivity index (χ1) is 13.9. The van der Waals surface area contributed by atoms with E-state index >= 15 is 0 Å². The highest BCUT2D eigenvalue weighted by atomic mass is 16.2. The molecule has 6 heteroatoms. The van der Waals surface area contributed by atoms with E-state index < -0.39 is 0 Å². The van der Waals surface area contributed by atoms with Crippen molar-refractivity contribution in [2.24, 2.45) is 0 Å². The van der Waals surface area contributed by atoms with Gasteiger partial charge in [0.05, 0.1) is 0 Å². The number of hydrogen-bond acceptors (Lipinski definition) is 4. The van der Waals surface area contributed by atoms with Crippen molar-refractivity contribution in [2.75, 3.05) is 36.4 Å². The molecule has 3 unspecified atom stereocenters. The van der Waals surface area contributed by atoms with Crippen LogP contribution < -0.4 is 10.2 Å². The molecule has 0 bridgehead atoms. The predicted molar refractivity (Wildman–Crippen MR) is 116 cm³/mol. The summed E-state index contributed by atoms with van der Waals surface area (Å²) in [6.07, 6.45) is 5.51. The van der Waals surface area contributed by atoms with Gasteiger partial charge in [-0.25, -0.2) is 0 Å². The van der Waals surface area contributed by atoms with Crippen molar-refractivity contribution in [3.05, 3.63) is 23.8 Å². The van der Waals surface area contributed by atoms with Gasteiger partial charge in [-0.05, 0) is 76.3 Å². The van der Waals surface area contributed by atoms with Gasteiger partial charge in [-0.15, -0.1) is 0 Å². The number of aryl methyl sites for hydroxylation is 1. The second kappa shape index (κ2) is 8.34. The van der Waals surface area contributed by atoms with E-state index in [1.807, 2.05) is 6.07 Å². The minimum absolute atomic E-state index is 0.0231. The Hall–Kier alpha value is -2.08. The molecule has 3 atom stereocenters. The van der Waals surface area contributed by atoms with E-state index in [0.717, 1.165) is 31.6 Å². The summed E-state index contributed by atoms with van der Waals surface area (Å²) >= 11 is 0. The summed E-state index contributed by atoms with van der Waals surface area (Å²) in [7, 11) is 0. The average Bonchev–Trinajstić information content (AvgIpc) is 3.41. The van der Waals surface area contributed by atoms with Crippen LogP contribution in [0.25, 0.3) is 0 Å². The van der Waals surface area contributed by atoms with Crippen molar-refractivity contribution >= 4 is 23.2 Å². The zero-order chi connectivity index (χ0) is 20.5. The van der Waals surface area contributed by atoms with Crippen molar-refractivity contribution in [3.8, 4) is 0 Å². The maximum Gasteiger partial charge on any atom is 0.247 e. The number of amides is 2. The Labute approximate surface area is 174 Å². The largest absolute Gasteiger partial charge is 0.370 e. The molecule has 3 fully saturated rings. The quantitative estimate of drug-likeness (QED) is 0.847. The molecule has 29 heavy (non-hydrogen) atoms. The lowest BCUT2D eigenvalue weighted by molar-refractivity contribution is -0.134. The lowest BCUT2D eigenvalue weighted by Crippen LogP contribution is -2.42. The molecule has 3 heterocycles. The third kappa shape index (κ3) is 4.13.